The predicted molar refractivity (Wildman–Crippen MR) is 139 cm³/mol. The third-order valence-electron chi connectivity index (χ3n) is 5.68. The normalized spacial score (nSPS) is 11.0. The highest BCUT2D eigenvalue weighted by atomic mass is 32.2. The van der Waals surface area contributed by atoms with Crippen molar-refractivity contribution in [1.82, 2.24) is 15.5 Å². The lowest BCUT2D eigenvalue weighted by Gasteiger charge is -2.20. The fourth-order valence-corrected chi connectivity index (χ4v) is 4.78. The number of hydrogen-bond acceptors (Lipinski definition) is 4. The Hall–Kier alpha value is -4.03. The van der Waals surface area contributed by atoms with Crippen LogP contribution in [0.15, 0.2) is 114 Å². The van der Waals surface area contributed by atoms with Crippen molar-refractivity contribution in [2.45, 2.75) is 11.1 Å². The van der Waals surface area contributed by atoms with Gasteiger partial charge < -0.3 is 5.32 Å². The molecule has 0 fully saturated rings. The van der Waals surface area contributed by atoms with E-state index in [4.69, 9.17) is 0 Å². The molecule has 5 rings (SSSR count). The van der Waals surface area contributed by atoms with Crippen molar-refractivity contribution >= 4 is 28.4 Å². The molecular weight excluding hydrogens is 457 g/mol. The topological polar surface area (TPSA) is 54.9 Å². The second-order valence-electron chi connectivity index (χ2n) is 8.02. The van der Waals surface area contributed by atoms with Crippen molar-refractivity contribution in [3.8, 4) is 11.3 Å². The SMILES string of the molecule is O=C(CSc1nnc(-c2ccc(F)cc2)c2ccccc12)NC(c1ccccc1)c1ccccc1. The lowest BCUT2D eigenvalue weighted by Crippen LogP contribution is -2.30. The maximum atomic E-state index is 13.4. The molecule has 35 heavy (non-hydrogen) atoms. The second kappa shape index (κ2) is 10.5. The van der Waals surface area contributed by atoms with Crippen molar-refractivity contribution in [3.63, 3.8) is 0 Å². The van der Waals surface area contributed by atoms with Gasteiger partial charge in [0.25, 0.3) is 0 Å². The zero-order valence-electron chi connectivity index (χ0n) is 18.8. The molecule has 0 aliphatic carbocycles. The molecule has 0 saturated carbocycles. The predicted octanol–water partition coefficient (Wildman–Crippen LogP) is 6.43. The summed E-state index contributed by atoms with van der Waals surface area (Å²) >= 11 is 1.35. The summed E-state index contributed by atoms with van der Waals surface area (Å²) < 4.78 is 13.4. The number of amides is 1. The third kappa shape index (κ3) is 5.23. The van der Waals surface area contributed by atoms with Crippen molar-refractivity contribution < 1.29 is 9.18 Å². The number of fused-ring (bicyclic) bond motifs is 1. The van der Waals surface area contributed by atoms with Crippen molar-refractivity contribution in [3.05, 3.63) is 126 Å². The largest absolute Gasteiger partial charge is 0.344 e. The lowest BCUT2D eigenvalue weighted by atomic mass is 9.99. The van der Waals surface area contributed by atoms with E-state index in [-0.39, 0.29) is 23.5 Å². The van der Waals surface area contributed by atoms with Crippen LogP contribution >= 0.6 is 11.8 Å². The Morgan fingerprint density at radius 2 is 1.31 bits per heavy atom. The van der Waals surface area contributed by atoms with E-state index in [2.05, 4.69) is 15.5 Å². The zero-order chi connectivity index (χ0) is 24.0. The summed E-state index contributed by atoms with van der Waals surface area (Å²) in [5.74, 6) is -0.195. The van der Waals surface area contributed by atoms with Gasteiger partial charge in [0, 0.05) is 16.3 Å². The number of aromatic nitrogens is 2. The van der Waals surface area contributed by atoms with Gasteiger partial charge >= 0.3 is 0 Å². The first kappa shape index (κ1) is 22.7. The maximum absolute atomic E-state index is 13.4. The molecule has 0 radical (unpaired) electrons. The van der Waals surface area contributed by atoms with Crippen LogP contribution in [-0.4, -0.2) is 21.9 Å². The van der Waals surface area contributed by atoms with Crippen LogP contribution in [0, 0.1) is 5.82 Å². The van der Waals surface area contributed by atoms with Gasteiger partial charge in [-0.1, -0.05) is 96.7 Å². The number of nitrogens with zero attached hydrogens (tertiary/aromatic N) is 2. The summed E-state index contributed by atoms with van der Waals surface area (Å²) in [6.07, 6.45) is 0. The molecule has 5 aromatic rings. The van der Waals surface area contributed by atoms with Crippen LogP contribution in [0.2, 0.25) is 0 Å². The molecule has 6 heteroatoms. The number of halogens is 1. The van der Waals surface area contributed by atoms with Crippen molar-refractivity contribution in [2.24, 2.45) is 0 Å². The molecule has 1 heterocycles. The van der Waals surface area contributed by atoms with Gasteiger partial charge in [0.1, 0.15) is 16.5 Å². The van der Waals surface area contributed by atoms with Crippen LogP contribution in [0.1, 0.15) is 17.2 Å². The maximum Gasteiger partial charge on any atom is 0.231 e. The van der Waals surface area contributed by atoms with Gasteiger partial charge in [-0.15, -0.1) is 10.2 Å². The molecule has 1 aromatic heterocycles. The molecule has 1 amide bonds. The average Bonchev–Trinajstić information content (AvgIpc) is 2.92. The molecule has 0 aliphatic heterocycles. The molecule has 0 saturated heterocycles. The number of rotatable bonds is 7. The van der Waals surface area contributed by atoms with Crippen LogP contribution in [-0.2, 0) is 4.79 Å². The zero-order valence-corrected chi connectivity index (χ0v) is 19.6. The Kier molecular flexibility index (Phi) is 6.82. The van der Waals surface area contributed by atoms with E-state index in [9.17, 15) is 9.18 Å². The summed E-state index contributed by atoms with van der Waals surface area (Å²) in [4.78, 5) is 13.0. The molecule has 172 valence electrons. The monoisotopic (exact) mass is 479 g/mol. The minimum absolute atomic E-state index is 0.0961. The number of hydrogen-bond donors (Lipinski definition) is 1. The van der Waals surface area contributed by atoms with Crippen LogP contribution in [0.25, 0.3) is 22.0 Å². The summed E-state index contributed by atoms with van der Waals surface area (Å²) in [6, 6.07) is 33.6. The standard InChI is InChI=1S/C29H22FN3OS/c30-23-17-15-22(16-18-23)28-24-13-7-8-14-25(24)29(33-32-28)35-19-26(34)31-27(20-9-3-1-4-10-20)21-11-5-2-6-12-21/h1-18,27H,19H2,(H,31,34). The average molecular weight is 480 g/mol. The first-order chi connectivity index (χ1) is 17.2. The van der Waals surface area contributed by atoms with E-state index in [1.54, 1.807) is 12.1 Å². The van der Waals surface area contributed by atoms with E-state index in [0.717, 1.165) is 27.5 Å². The van der Waals surface area contributed by atoms with E-state index >= 15 is 0 Å². The highest BCUT2D eigenvalue weighted by Crippen LogP contribution is 2.32. The lowest BCUT2D eigenvalue weighted by molar-refractivity contribution is -0.119. The van der Waals surface area contributed by atoms with Crippen LogP contribution in [0.4, 0.5) is 4.39 Å². The van der Waals surface area contributed by atoms with Crippen LogP contribution in [0.3, 0.4) is 0 Å². The summed E-state index contributed by atoms with van der Waals surface area (Å²) in [6.45, 7) is 0. The molecule has 0 unspecified atom stereocenters. The number of carbonyl (C=O) groups excluding carboxylic acids is 1. The molecule has 0 atom stereocenters. The van der Waals surface area contributed by atoms with E-state index < -0.39 is 0 Å². The van der Waals surface area contributed by atoms with Gasteiger partial charge in [-0.25, -0.2) is 4.39 Å². The molecule has 4 nitrogen and oxygen atoms in total. The fraction of sp³-hybridized carbons (Fsp3) is 0.0690. The first-order valence-corrected chi connectivity index (χ1v) is 12.2. The van der Waals surface area contributed by atoms with Gasteiger partial charge in [-0.05, 0) is 35.4 Å². The van der Waals surface area contributed by atoms with Crippen molar-refractivity contribution in [1.29, 1.82) is 0 Å². The number of nitrogens with one attached hydrogen (secondary N) is 1. The smallest absolute Gasteiger partial charge is 0.231 e. The first-order valence-electron chi connectivity index (χ1n) is 11.2. The fourth-order valence-electron chi connectivity index (χ4n) is 3.99. The molecule has 0 aliphatic rings. The van der Waals surface area contributed by atoms with Gasteiger partial charge in [0.2, 0.25) is 5.91 Å². The quantitative estimate of drug-likeness (QED) is 0.273. The third-order valence-corrected chi connectivity index (χ3v) is 6.66. The Bertz CT molecular complexity index is 1400. The van der Waals surface area contributed by atoms with Crippen molar-refractivity contribution in [2.75, 3.05) is 5.75 Å². The second-order valence-corrected chi connectivity index (χ2v) is 8.98. The number of thioether (sulfide) groups is 1. The molecule has 0 spiro atoms. The minimum Gasteiger partial charge on any atom is -0.344 e. The van der Waals surface area contributed by atoms with Gasteiger partial charge in [0.05, 0.1) is 11.8 Å². The number of carbonyl (C=O) groups is 1. The van der Waals surface area contributed by atoms with Gasteiger partial charge in [-0.3, -0.25) is 4.79 Å². The Morgan fingerprint density at radius 3 is 1.94 bits per heavy atom. The Labute approximate surface area is 207 Å². The molecule has 0 bridgehead atoms. The highest BCUT2D eigenvalue weighted by molar-refractivity contribution is 8.00. The van der Waals surface area contributed by atoms with Gasteiger partial charge in [0.15, 0.2) is 0 Å². The summed E-state index contributed by atoms with van der Waals surface area (Å²) in [7, 11) is 0. The van der Waals surface area contributed by atoms with E-state index in [1.807, 2.05) is 84.9 Å². The van der Waals surface area contributed by atoms with Gasteiger partial charge in [-0.2, -0.15) is 0 Å². The van der Waals surface area contributed by atoms with E-state index in [1.165, 1.54) is 23.9 Å². The summed E-state index contributed by atoms with van der Waals surface area (Å²) in [5, 5.41) is 14.5. The van der Waals surface area contributed by atoms with Crippen LogP contribution < -0.4 is 5.32 Å². The molecule has 4 aromatic carbocycles. The summed E-state index contributed by atoms with van der Waals surface area (Å²) in [5.41, 5.74) is 3.51. The van der Waals surface area contributed by atoms with E-state index in [0.29, 0.717) is 10.7 Å². The molecule has 1 N–H and O–H groups in total. The highest BCUT2D eigenvalue weighted by Gasteiger charge is 2.18. The molecular formula is C29H22FN3OS. The number of benzene rings is 4. The Balaban J connectivity index is 1.37. The van der Waals surface area contributed by atoms with Crippen LogP contribution in [0.5, 0.6) is 0 Å². The minimum atomic E-state index is -0.298. The Morgan fingerprint density at radius 1 is 0.743 bits per heavy atom.